The molecule has 1 amide bonds. The average molecular weight is 470 g/mol. The van der Waals surface area contributed by atoms with Crippen molar-refractivity contribution in [3.8, 4) is 0 Å². The second-order valence-corrected chi connectivity index (χ2v) is 8.70. The number of carbonyl (C=O) groups is 2. The lowest BCUT2D eigenvalue weighted by Gasteiger charge is -2.19. The van der Waals surface area contributed by atoms with Crippen LogP contribution in [0, 0.1) is 3.57 Å². The number of hydrogen-bond acceptors (Lipinski definition) is 5. The Labute approximate surface area is 154 Å². The van der Waals surface area contributed by atoms with Gasteiger partial charge in [-0.2, -0.15) is 0 Å². The molecule has 0 aliphatic carbocycles. The molecule has 1 rings (SSSR count). The van der Waals surface area contributed by atoms with Crippen molar-refractivity contribution in [2.45, 2.75) is 31.3 Å². The normalized spacial score (nSPS) is 11.8. The Balaban J connectivity index is 2.63. The second kappa shape index (κ2) is 8.12. The molecule has 0 bridgehead atoms. The van der Waals surface area contributed by atoms with Gasteiger partial charge < -0.3 is 15.2 Å². The number of carbonyl (C=O) groups excluding carboxylic acids is 1. The van der Waals surface area contributed by atoms with Crippen molar-refractivity contribution in [2.24, 2.45) is 0 Å². The van der Waals surface area contributed by atoms with Crippen LogP contribution in [-0.4, -0.2) is 44.3 Å². The molecule has 8 nitrogen and oxygen atoms in total. The predicted molar refractivity (Wildman–Crippen MR) is 95.5 cm³/mol. The van der Waals surface area contributed by atoms with Crippen LogP contribution in [0.2, 0.25) is 0 Å². The molecule has 3 N–H and O–H groups in total. The van der Waals surface area contributed by atoms with Gasteiger partial charge in [-0.25, -0.2) is 22.7 Å². The maximum Gasteiger partial charge on any atom is 0.407 e. The van der Waals surface area contributed by atoms with Gasteiger partial charge in [-0.3, -0.25) is 0 Å². The van der Waals surface area contributed by atoms with E-state index in [-0.39, 0.29) is 23.5 Å². The molecule has 24 heavy (non-hydrogen) atoms. The minimum Gasteiger partial charge on any atom is -0.478 e. The third-order valence-corrected chi connectivity index (χ3v) is 4.96. The Kier molecular flexibility index (Phi) is 6.98. The largest absolute Gasteiger partial charge is 0.478 e. The van der Waals surface area contributed by atoms with Crippen molar-refractivity contribution in [2.75, 3.05) is 13.1 Å². The molecule has 0 aromatic heterocycles. The number of amides is 1. The van der Waals surface area contributed by atoms with E-state index in [1.54, 1.807) is 20.8 Å². The number of rotatable bonds is 6. The molecule has 0 saturated carbocycles. The van der Waals surface area contributed by atoms with Crippen molar-refractivity contribution < 1.29 is 27.9 Å². The minimum absolute atomic E-state index is 0.0320. The van der Waals surface area contributed by atoms with Crippen molar-refractivity contribution >= 4 is 44.7 Å². The summed E-state index contributed by atoms with van der Waals surface area (Å²) in [6, 6.07) is 3.82. The fourth-order valence-electron chi connectivity index (χ4n) is 1.58. The van der Waals surface area contributed by atoms with Crippen LogP contribution in [-0.2, 0) is 14.8 Å². The van der Waals surface area contributed by atoms with E-state index in [0.717, 1.165) is 6.07 Å². The van der Waals surface area contributed by atoms with Gasteiger partial charge in [0.25, 0.3) is 0 Å². The number of carboxylic acid groups (broad SMARTS) is 1. The average Bonchev–Trinajstić information content (AvgIpc) is 2.41. The highest BCUT2D eigenvalue weighted by Crippen LogP contribution is 2.17. The Bertz CT molecular complexity index is 727. The van der Waals surface area contributed by atoms with Crippen LogP contribution in [0.4, 0.5) is 4.79 Å². The number of hydrogen-bond donors (Lipinski definition) is 3. The van der Waals surface area contributed by atoms with E-state index in [4.69, 9.17) is 9.84 Å². The number of nitrogens with one attached hydrogen (secondary N) is 2. The van der Waals surface area contributed by atoms with Gasteiger partial charge in [0.1, 0.15) is 5.60 Å². The van der Waals surface area contributed by atoms with Crippen LogP contribution in [0.1, 0.15) is 31.1 Å². The quantitative estimate of drug-likeness (QED) is 0.431. The minimum atomic E-state index is -3.87. The zero-order chi connectivity index (χ0) is 18.5. The lowest BCUT2D eigenvalue weighted by atomic mass is 10.2. The zero-order valence-electron chi connectivity index (χ0n) is 13.4. The highest BCUT2D eigenvalue weighted by Gasteiger charge is 2.19. The SMILES string of the molecule is CC(C)(C)OC(=O)NCCNS(=O)(=O)c1ccc(I)c(C(=O)O)c1. The molecule has 0 radical (unpaired) electrons. The first-order chi connectivity index (χ1) is 10.9. The molecular formula is C14H19IN2O6S. The summed E-state index contributed by atoms with van der Waals surface area (Å²) in [5.41, 5.74) is -0.733. The lowest BCUT2D eigenvalue weighted by molar-refractivity contribution is 0.0528. The van der Waals surface area contributed by atoms with Crippen molar-refractivity contribution in [3.05, 3.63) is 27.3 Å². The van der Waals surface area contributed by atoms with E-state index in [2.05, 4.69) is 10.0 Å². The predicted octanol–water partition coefficient (Wildman–Crippen LogP) is 1.79. The number of carboxylic acids is 1. The topological polar surface area (TPSA) is 122 Å². The third-order valence-electron chi connectivity index (χ3n) is 2.56. The molecule has 0 fully saturated rings. The highest BCUT2D eigenvalue weighted by molar-refractivity contribution is 14.1. The number of benzene rings is 1. The van der Waals surface area contributed by atoms with Crippen molar-refractivity contribution in [1.29, 1.82) is 0 Å². The Hall–Kier alpha value is -1.40. The molecule has 0 saturated heterocycles. The van der Waals surface area contributed by atoms with Crippen molar-refractivity contribution in [1.82, 2.24) is 10.0 Å². The molecule has 0 aliphatic heterocycles. The van der Waals surface area contributed by atoms with E-state index in [1.165, 1.54) is 12.1 Å². The van der Waals surface area contributed by atoms with Gasteiger partial charge in [0.05, 0.1) is 10.5 Å². The molecule has 0 unspecified atom stereocenters. The first-order valence-corrected chi connectivity index (χ1v) is 9.48. The fourth-order valence-corrected chi connectivity index (χ4v) is 3.21. The van der Waals surface area contributed by atoms with Gasteiger partial charge >= 0.3 is 12.1 Å². The van der Waals surface area contributed by atoms with Gasteiger partial charge in [-0.1, -0.05) is 0 Å². The number of ether oxygens (including phenoxy) is 1. The summed E-state index contributed by atoms with van der Waals surface area (Å²) >= 11 is 1.82. The maximum absolute atomic E-state index is 12.1. The first-order valence-electron chi connectivity index (χ1n) is 6.92. The maximum atomic E-state index is 12.1. The van der Waals surface area contributed by atoms with Crippen LogP contribution < -0.4 is 10.0 Å². The van der Waals surface area contributed by atoms with Crippen molar-refractivity contribution in [3.63, 3.8) is 0 Å². The summed E-state index contributed by atoms with van der Waals surface area (Å²) < 4.78 is 32.0. The monoisotopic (exact) mass is 470 g/mol. The first kappa shape index (κ1) is 20.6. The Morgan fingerprint density at radius 1 is 1.25 bits per heavy atom. The summed E-state index contributed by atoms with van der Waals surface area (Å²) in [5, 5.41) is 11.5. The van der Waals surface area contributed by atoms with E-state index in [1.807, 2.05) is 22.6 Å². The zero-order valence-corrected chi connectivity index (χ0v) is 16.4. The van der Waals surface area contributed by atoms with E-state index < -0.39 is 27.7 Å². The summed E-state index contributed by atoms with van der Waals surface area (Å²) in [6.45, 7) is 5.12. The number of halogens is 1. The van der Waals surface area contributed by atoms with Crippen LogP contribution in [0.5, 0.6) is 0 Å². The molecule has 1 aromatic carbocycles. The van der Waals surface area contributed by atoms with E-state index in [9.17, 15) is 18.0 Å². The molecule has 0 heterocycles. The fraction of sp³-hybridized carbons (Fsp3) is 0.429. The highest BCUT2D eigenvalue weighted by atomic mass is 127. The molecule has 1 aromatic rings. The molecule has 0 spiro atoms. The van der Waals surface area contributed by atoms with Gasteiger partial charge in [-0.15, -0.1) is 0 Å². The standard InChI is InChI=1S/C14H19IN2O6S/c1-14(2,3)23-13(20)16-6-7-17-24(21,22)9-4-5-11(15)10(8-9)12(18)19/h4-5,8,17H,6-7H2,1-3H3,(H,16,20)(H,18,19). The molecular weight excluding hydrogens is 451 g/mol. The summed E-state index contributed by atoms with van der Waals surface area (Å²) in [5.74, 6) is -1.21. The van der Waals surface area contributed by atoms with Gasteiger partial charge in [0, 0.05) is 16.7 Å². The van der Waals surface area contributed by atoms with Crippen LogP contribution in [0.3, 0.4) is 0 Å². The molecule has 0 atom stereocenters. The smallest absolute Gasteiger partial charge is 0.407 e. The molecule has 134 valence electrons. The van der Waals surface area contributed by atoms with Gasteiger partial charge in [0.15, 0.2) is 0 Å². The number of aromatic carboxylic acids is 1. The lowest BCUT2D eigenvalue weighted by Crippen LogP contribution is -2.37. The third kappa shape index (κ3) is 6.61. The van der Waals surface area contributed by atoms with Crippen LogP contribution >= 0.6 is 22.6 Å². The summed E-state index contributed by atoms with van der Waals surface area (Å²) in [7, 11) is -3.87. The summed E-state index contributed by atoms with van der Waals surface area (Å²) in [6.07, 6.45) is -0.649. The Morgan fingerprint density at radius 3 is 2.42 bits per heavy atom. The number of sulfonamides is 1. The van der Waals surface area contributed by atoms with Crippen LogP contribution in [0.25, 0.3) is 0 Å². The summed E-state index contributed by atoms with van der Waals surface area (Å²) in [4.78, 5) is 22.3. The molecule has 0 aliphatic rings. The number of alkyl carbamates (subject to hydrolysis) is 1. The van der Waals surface area contributed by atoms with E-state index >= 15 is 0 Å². The van der Waals surface area contributed by atoms with Gasteiger partial charge in [-0.05, 0) is 61.6 Å². The van der Waals surface area contributed by atoms with Crippen LogP contribution in [0.15, 0.2) is 23.1 Å². The van der Waals surface area contributed by atoms with E-state index in [0.29, 0.717) is 3.57 Å². The second-order valence-electron chi connectivity index (χ2n) is 5.77. The molecule has 10 heteroatoms. The Morgan fingerprint density at radius 2 is 1.88 bits per heavy atom. The van der Waals surface area contributed by atoms with Gasteiger partial charge in [0.2, 0.25) is 10.0 Å².